The molecule has 5 heteroatoms. The Balaban J connectivity index is 2.12. The van der Waals surface area contributed by atoms with Gasteiger partial charge in [0.1, 0.15) is 0 Å². The van der Waals surface area contributed by atoms with Crippen LogP contribution in [0.1, 0.15) is 33.1 Å². The molecule has 2 aliphatic rings. The van der Waals surface area contributed by atoms with Gasteiger partial charge in [-0.1, -0.05) is 19.1 Å². The summed E-state index contributed by atoms with van der Waals surface area (Å²) in [5.74, 6) is 0.0627. The van der Waals surface area contributed by atoms with E-state index in [1.807, 2.05) is 18.7 Å². The Morgan fingerprint density at radius 2 is 2.00 bits per heavy atom. The number of ether oxygens (including phenoxy) is 1. The van der Waals surface area contributed by atoms with E-state index in [0.29, 0.717) is 24.5 Å². The largest absolute Gasteiger partial charge is 0.392 e. The van der Waals surface area contributed by atoms with Crippen LogP contribution < -0.4 is 5.73 Å². The lowest BCUT2D eigenvalue weighted by atomic mass is 9.85. The number of amides is 1. The minimum atomic E-state index is -0.702. The van der Waals surface area contributed by atoms with Crippen LogP contribution in [0.4, 0.5) is 0 Å². The fraction of sp³-hybridized carbons (Fsp3) is 0.833. The molecule has 0 saturated carbocycles. The molecule has 1 amide bonds. The normalized spacial score (nSPS) is 31.1. The molecule has 0 spiro atoms. The van der Waals surface area contributed by atoms with Gasteiger partial charge in [0.15, 0.2) is 0 Å². The lowest BCUT2D eigenvalue weighted by molar-refractivity contribution is -0.146. The first-order valence-electron chi connectivity index (χ1n) is 6.22. The van der Waals surface area contributed by atoms with Gasteiger partial charge < -0.3 is 15.4 Å². The van der Waals surface area contributed by atoms with E-state index in [4.69, 9.17) is 22.7 Å². The molecule has 3 unspecified atom stereocenters. The standard InChI is InChI=1S/C12H20N2O2S/c1-3-12(2,10(13)17)11(15)14-6-8-4-5-9(7-14)16-8/h8-9H,3-7H2,1-2H3,(H2,13,17). The molecular weight excluding hydrogens is 236 g/mol. The second kappa shape index (κ2) is 4.53. The van der Waals surface area contributed by atoms with Gasteiger partial charge >= 0.3 is 0 Å². The average molecular weight is 256 g/mol. The molecule has 96 valence electrons. The Labute approximate surface area is 107 Å². The molecule has 2 fully saturated rings. The first kappa shape index (κ1) is 12.8. The highest BCUT2D eigenvalue weighted by molar-refractivity contribution is 7.80. The molecule has 0 aromatic carbocycles. The predicted octanol–water partition coefficient (Wildman–Crippen LogP) is 1.08. The molecule has 17 heavy (non-hydrogen) atoms. The number of fused-ring (bicyclic) bond motifs is 2. The number of morpholine rings is 1. The molecule has 0 radical (unpaired) electrons. The van der Waals surface area contributed by atoms with Gasteiger partial charge in [-0.25, -0.2) is 0 Å². The summed E-state index contributed by atoms with van der Waals surface area (Å²) in [6.07, 6.45) is 3.19. The highest BCUT2D eigenvalue weighted by Gasteiger charge is 2.43. The summed E-state index contributed by atoms with van der Waals surface area (Å²) in [5, 5.41) is 0. The lowest BCUT2D eigenvalue weighted by Crippen LogP contribution is -2.54. The number of nitrogens with two attached hydrogens (primary N) is 1. The zero-order valence-corrected chi connectivity index (χ0v) is 11.3. The number of rotatable bonds is 3. The van der Waals surface area contributed by atoms with E-state index in [-0.39, 0.29) is 18.1 Å². The van der Waals surface area contributed by atoms with E-state index in [1.54, 1.807) is 0 Å². The van der Waals surface area contributed by atoms with E-state index in [1.165, 1.54) is 0 Å². The molecule has 0 aromatic heterocycles. The highest BCUT2D eigenvalue weighted by Crippen LogP contribution is 2.31. The van der Waals surface area contributed by atoms with Crippen LogP contribution in [0.25, 0.3) is 0 Å². The van der Waals surface area contributed by atoms with Gasteiger partial charge in [0.05, 0.1) is 22.6 Å². The van der Waals surface area contributed by atoms with E-state index in [9.17, 15) is 4.79 Å². The van der Waals surface area contributed by atoms with Crippen LogP contribution >= 0.6 is 12.2 Å². The van der Waals surface area contributed by atoms with Gasteiger partial charge in [-0.2, -0.15) is 0 Å². The smallest absolute Gasteiger partial charge is 0.235 e. The lowest BCUT2D eigenvalue weighted by Gasteiger charge is -2.38. The summed E-state index contributed by atoms with van der Waals surface area (Å²) < 4.78 is 5.73. The van der Waals surface area contributed by atoms with Crippen LogP contribution in [0.2, 0.25) is 0 Å². The molecular formula is C12H20N2O2S. The number of likely N-dealkylation sites (tertiary alicyclic amines) is 1. The van der Waals surface area contributed by atoms with Gasteiger partial charge in [0.2, 0.25) is 5.91 Å². The topological polar surface area (TPSA) is 55.6 Å². The van der Waals surface area contributed by atoms with Crippen molar-refractivity contribution in [2.45, 2.75) is 45.3 Å². The van der Waals surface area contributed by atoms with Gasteiger partial charge in [0, 0.05) is 13.1 Å². The van der Waals surface area contributed by atoms with Crippen molar-refractivity contribution < 1.29 is 9.53 Å². The maximum absolute atomic E-state index is 12.5. The van der Waals surface area contributed by atoms with Crippen LogP contribution in [-0.4, -0.2) is 41.1 Å². The minimum Gasteiger partial charge on any atom is -0.392 e. The average Bonchev–Trinajstić information content (AvgIpc) is 2.65. The van der Waals surface area contributed by atoms with Crippen molar-refractivity contribution in [1.82, 2.24) is 4.90 Å². The Morgan fingerprint density at radius 1 is 1.47 bits per heavy atom. The summed E-state index contributed by atoms with van der Waals surface area (Å²) in [6, 6.07) is 0. The second-order valence-electron chi connectivity index (χ2n) is 5.22. The van der Waals surface area contributed by atoms with E-state index in [0.717, 1.165) is 12.8 Å². The first-order valence-corrected chi connectivity index (χ1v) is 6.63. The van der Waals surface area contributed by atoms with Crippen molar-refractivity contribution in [3.05, 3.63) is 0 Å². The van der Waals surface area contributed by atoms with E-state index < -0.39 is 5.41 Å². The third-order valence-corrected chi connectivity index (χ3v) is 4.50. The maximum atomic E-state index is 12.5. The Bertz CT molecular complexity index is 335. The number of hydrogen-bond donors (Lipinski definition) is 1. The second-order valence-corrected chi connectivity index (χ2v) is 5.66. The third-order valence-electron chi connectivity index (χ3n) is 4.05. The summed E-state index contributed by atoms with van der Waals surface area (Å²) in [5.41, 5.74) is 5.02. The van der Waals surface area contributed by atoms with Crippen LogP contribution in [0.3, 0.4) is 0 Å². The van der Waals surface area contributed by atoms with Crippen LogP contribution in [-0.2, 0) is 9.53 Å². The molecule has 0 aliphatic carbocycles. The van der Waals surface area contributed by atoms with Gasteiger partial charge in [-0.3, -0.25) is 4.79 Å². The summed E-state index contributed by atoms with van der Waals surface area (Å²) in [6.45, 7) is 5.17. The van der Waals surface area contributed by atoms with Crippen LogP contribution in [0.15, 0.2) is 0 Å². The SMILES string of the molecule is CCC(C)(C(=O)N1CC2CCC(C1)O2)C(N)=S. The van der Waals surface area contributed by atoms with E-state index in [2.05, 4.69) is 0 Å². The number of hydrogen-bond acceptors (Lipinski definition) is 3. The number of nitrogens with zero attached hydrogens (tertiary/aromatic N) is 1. The van der Waals surface area contributed by atoms with Crippen molar-refractivity contribution in [2.24, 2.45) is 11.1 Å². The van der Waals surface area contributed by atoms with Crippen molar-refractivity contribution in [2.75, 3.05) is 13.1 Å². The fourth-order valence-electron chi connectivity index (χ4n) is 2.56. The number of carbonyl (C=O) groups excluding carboxylic acids is 1. The molecule has 2 aliphatic heterocycles. The van der Waals surface area contributed by atoms with Crippen LogP contribution in [0.5, 0.6) is 0 Å². The Morgan fingerprint density at radius 3 is 2.41 bits per heavy atom. The van der Waals surface area contributed by atoms with Crippen molar-refractivity contribution >= 4 is 23.1 Å². The molecule has 2 saturated heterocycles. The third kappa shape index (κ3) is 2.18. The molecule has 0 aromatic rings. The summed E-state index contributed by atoms with van der Waals surface area (Å²) >= 11 is 5.05. The zero-order valence-electron chi connectivity index (χ0n) is 10.4. The molecule has 3 atom stereocenters. The van der Waals surface area contributed by atoms with Gasteiger partial charge in [0.25, 0.3) is 0 Å². The summed E-state index contributed by atoms with van der Waals surface area (Å²) in [7, 11) is 0. The predicted molar refractivity (Wildman–Crippen MR) is 69.7 cm³/mol. The van der Waals surface area contributed by atoms with Crippen molar-refractivity contribution in [1.29, 1.82) is 0 Å². The monoisotopic (exact) mass is 256 g/mol. The molecule has 4 nitrogen and oxygen atoms in total. The maximum Gasteiger partial charge on any atom is 0.235 e. The first-order chi connectivity index (χ1) is 7.97. The Hall–Kier alpha value is -0.680. The minimum absolute atomic E-state index is 0.0627. The van der Waals surface area contributed by atoms with Crippen molar-refractivity contribution in [3.63, 3.8) is 0 Å². The molecule has 2 N–H and O–H groups in total. The van der Waals surface area contributed by atoms with Crippen molar-refractivity contribution in [3.8, 4) is 0 Å². The Kier molecular flexibility index (Phi) is 3.41. The van der Waals surface area contributed by atoms with Gasteiger partial charge in [-0.15, -0.1) is 0 Å². The zero-order chi connectivity index (χ0) is 12.6. The number of thiocarbonyl (C=S) groups is 1. The fourth-order valence-corrected chi connectivity index (χ4v) is 2.79. The van der Waals surface area contributed by atoms with E-state index >= 15 is 0 Å². The molecule has 2 rings (SSSR count). The summed E-state index contributed by atoms with van der Waals surface area (Å²) in [4.78, 5) is 14.7. The molecule has 2 bridgehead atoms. The van der Waals surface area contributed by atoms with Gasteiger partial charge in [-0.05, 0) is 26.2 Å². The quantitative estimate of drug-likeness (QED) is 0.768. The highest BCUT2D eigenvalue weighted by atomic mass is 32.1. The van der Waals surface area contributed by atoms with Crippen LogP contribution in [0, 0.1) is 5.41 Å². The molecule has 2 heterocycles. The number of carbonyl (C=O) groups is 1.